The van der Waals surface area contributed by atoms with Gasteiger partial charge in [-0.1, -0.05) is 13.0 Å². The van der Waals surface area contributed by atoms with E-state index in [4.69, 9.17) is 4.74 Å². The van der Waals surface area contributed by atoms with Gasteiger partial charge in [-0.3, -0.25) is 4.79 Å². The molecule has 1 amide bonds. The standard InChI is InChI=1S/C19H28F2N2O5S/c1-13-3-6-15(7-4-13)23-29(25,26)12-18(24)22-10-9-14-5-8-16(27-2)17(11-14)28-19(20)21/h5,8,11,13,15,19,23H,3-4,6-7,9-10,12H2,1-2H3,(H,22,24). The normalized spacial score (nSPS) is 19.8. The third kappa shape index (κ3) is 8.14. The Balaban J connectivity index is 1.80. The maximum absolute atomic E-state index is 12.5. The van der Waals surface area contributed by atoms with Crippen LogP contribution in [0.4, 0.5) is 8.78 Å². The van der Waals surface area contributed by atoms with Crippen LogP contribution in [-0.2, 0) is 21.2 Å². The number of rotatable bonds is 10. The molecule has 1 aliphatic carbocycles. The second-order valence-electron chi connectivity index (χ2n) is 7.30. The monoisotopic (exact) mass is 434 g/mol. The largest absolute Gasteiger partial charge is 0.493 e. The predicted molar refractivity (Wildman–Crippen MR) is 105 cm³/mol. The van der Waals surface area contributed by atoms with Crippen LogP contribution in [0.3, 0.4) is 0 Å². The van der Waals surface area contributed by atoms with Gasteiger partial charge < -0.3 is 14.8 Å². The maximum atomic E-state index is 12.5. The minimum atomic E-state index is -3.70. The maximum Gasteiger partial charge on any atom is 0.387 e. The molecular weight excluding hydrogens is 406 g/mol. The van der Waals surface area contributed by atoms with Gasteiger partial charge in [0, 0.05) is 12.6 Å². The molecule has 0 spiro atoms. The number of hydrogen-bond donors (Lipinski definition) is 2. The number of hydrogen-bond acceptors (Lipinski definition) is 5. The summed E-state index contributed by atoms with van der Waals surface area (Å²) in [7, 11) is -2.36. The average molecular weight is 435 g/mol. The van der Waals surface area contributed by atoms with E-state index in [1.165, 1.54) is 19.2 Å². The van der Waals surface area contributed by atoms with Crippen LogP contribution in [0.15, 0.2) is 18.2 Å². The number of sulfonamides is 1. The molecule has 1 aromatic carbocycles. The van der Waals surface area contributed by atoms with Crippen LogP contribution < -0.4 is 19.5 Å². The first-order valence-corrected chi connectivity index (χ1v) is 11.2. The molecule has 10 heteroatoms. The Bertz CT molecular complexity index is 781. The summed E-state index contributed by atoms with van der Waals surface area (Å²) in [5.41, 5.74) is 0.638. The zero-order chi connectivity index (χ0) is 21.4. The zero-order valence-electron chi connectivity index (χ0n) is 16.6. The number of nitrogens with one attached hydrogen (secondary N) is 2. The second-order valence-corrected chi connectivity index (χ2v) is 9.05. The molecule has 29 heavy (non-hydrogen) atoms. The van der Waals surface area contributed by atoms with Crippen LogP contribution in [-0.4, -0.2) is 46.4 Å². The van der Waals surface area contributed by atoms with E-state index in [0.717, 1.165) is 25.7 Å². The third-order valence-corrected chi connectivity index (χ3v) is 6.20. The van der Waals surface area contributed by atoms with Crippen LogP contribution in [0.25, 0.3) is 0 Å². The SMILES string of the molecule is COc1ccc(CCNC(=O)CS(=O)(=O)NC2CCC(C)CC2)cc1OC(F)F. The van der Waals surface area contributed by atoms with Gasteiger partial charge in [0.25, 0.3) is 0 Å². The molecule has 1 aromatic rings. The minimum Gasteiger partial charge on any atom is -0.493 e. The van der Waals surface area contributed by atoms with E-state index in [1.54, 1.807) is 6.07 Å². The second kappa shape index (κ2) is 10.7. The Hall–Kier alpha value is -1.94. The smallest absolute Gasteiger partial charge is 0.387 e. The molecule has 164 valence electrons. The van der Waals surface area contributed by atoms with Gasteiger partial charge in [0.1, 0.15) is 5.75 Å². The van der Waals surface area contributed by atoms with E-state index in [0.29, 0.717) is 17.9 Å². The molecule has 2 N–H and O–H groups in total. The third-order valence-electron chi connectivity index (χ3n) is 4.86. The number of amides is 1. The highest BCUT2D eigenvalue weighted by Gasteiger charge is 2.24. The van der Waals surface area contributed by atoms with Gasteiger partial charge in [-0.15, -0.1) is 0 Å². The number of carbonyl (C=O) groups is 1. The molecule has 1 fully saturated rings. The van der Waals surface area contributed by atoms with Crippen molar-refractivity contribution in [2.75, 3.05) is 19.4 Å². The van der Waals surface area contributed by atoms with E-state index in [-0.39, 0.29) is 24.1 Å². The highest BCUT2D eigenvalue weighted by molar-refractivity contribution is 7.90. The van der Waals surface area contributed by atoms with E-state index in [1.807, 2.05) is 0 Å². The number of benzene rings is 1. The van der Waals surface area contributed by atoms with Crippen molar-refractivity contribution < 1.29 is 31.5 Å². The van der Waals surface area contributed by atoms with Crippen molar-refractivity contribution in [2.45, 2.75) is 51.7 Å². The summed E-state index contributed by atoms with van der Waals surface area (Å²) >= 11 is 0. The van der Waals surface area contributed by atoms with Crippen LogP contribution in [0.2, 0.25) is 0 Å². The summed E-state index contributed by atoms with van der Waals surface area (Å²) < 4.78 is 61.3. The van der Waals surface area contributed by atoms with Crippen molar-refractivity contribution >= 4 is 15.9 Å². The Labute approximate surface area is 170 Å². The van der Waals surface area contributed by atoms with Crippen molar-refractivity contribution in [3.63, 3.8) is 0 Å². The lowest BCUT2D eigenvalue weighted by atomic mass is 9.88. The van der Waals surface area contributed by atoms with Crippen LogP contribution in [0, 0.1) is 5.92 Å². The molecule has 0 saturated heterocycles. The first-order chi connectivity index (χ1) is 13.7. The zero-order valence-corrected chi connectivity index (χ0v) is 17.4. The Kier molecular flexibility index (Phi) is 8.63. The summed E-state index contributed by atoms with van der Waals surface area (Å²) in [6, 6.07) is 4.44. The van der Waals surface area contributed by atoms with E-state index in [9.17, 15) is 22.0 Å². The van der Waals surface area contributed by atoms with Crippen molar-refractivity contribution in [3.8, 4) is 11.5 Å². The van der Waals surface area contributed by atoms with Crippen molar-refractivity contribution in [1.82, 2.24) is 10.0 Å². The molecule has 0 radical (unpaired) electrons. The number of methoxy groups -OCH3 is 1. The Morgan fingerprint density at radius 1 is 1.21 bits per heavy atom. The molecule has 0 aromatic heterocycles. The molecule has 1 saturated carbocycles. The lowest BCUT2D eigenvalue weighted by Crippen LogP contribution is -2.42. The topological polar surface area (TPSA) is 93.7 Å². The first kappa shape index (κ1) is 23.3. The fourth-order valence-electron chi connectivity index (χ4n) is 3.31. The summed E-state index contributed by atoms with van der Waals surface area (Å²) in [6.07, 6.45) is 3.82. The fourth-order valence-corrected chi connectivity index (χ4v) is 4.58. The number of halogens is 2. The predicted octanol–water partition coefficient (Wildman–Crippen LogP) is 2.45. The Morgan fingerprint density at radius 2 is 1.90 bits per heavy atom. The average Bonchev–Trinajstić information content (AvgIpc) is 2.63. The minimum absolute atomic E-state index is 0.0973. The summed E-state index contributed by atoms with van der Waals surface area (Å²) in [4.78, 5) is 12.0. The molecule has 1 aliphatic rings. The lowest BCUT2D eigenvalue weighted by Gasteiger charge is -2.26. The van der Waals surface area contributed by atoms with Gasteiger partial charge in [-0.05, 0) is 55.7 Å². The molecule has 0 unspecified atom stereocenters. The van der Waals surface area contributed by atoms with Crippen molar-refractivity contribution in [2.24, 2.45) is 5.92 Å². The molecular formula is C19H28F2N2O5S. The number of carbonyl (C=O) groups excluding carboxylic acids is 1. The highest BCUT2D eigenvalue weighted by Crippen LogP contribution is 2.29. The van der Waals surface area contributed by atoms with Crippen molar-refractivity contribution in [3.05, 3.63) is 23.8 Å². The van der Waals surface area contributed by atoms with Gasteiger partial charge in [-0.25, -0.2) is 13.1 Å². The van der Waals surface area contributed by atoms with Crippen LogP contribution >= 0.6 is 0 Å². The first-order valence-electron chi connectivity index (χ1n) is 9.57. The van der Waals surface area contributed by atoms with Gasteiger partial charge >= 0.3 is 6.61 Å². The lowest BCUT2D eigenvalue weighted by molar-refractivity contribution is -0.118. The van der Waals surface area contributed by atoms with Gasteiger partial charge in [-0.2, -0.15) is 8.78 Å². The molecule has 0 heterocycles. The van der Waals surface area contributed by atoms with Crippen LogP contribution in [0.1, 0.15) is 38.2 Å². The summed E-state index contributed by atoms with van der Waals surface area (Å²) in [5.74, 6) is -0.573. The van der Waals surface area contributed by atoms with Gasteiger partial charge in [0.15, 0.2) is 11.5 Å². The fraction of sp³-hybridized carbons (Fsp3) is 0.632. The van der Waals surface area contributed by atoms with Crippen LogP contribution in [0.5, 0.6) is 11.5 Å². The highest BCUT2D eigenvalue weighted by atomic mass is 32.2. The molecule has 0 bridgehead atoms. The van der Waals surface area contributed by atoms with Gasteiger partial charge in [0.05, 0.1) is 7.11 Å². The molecule has 7 nitrogen and oxygen atoms in total. The quantitative estimate of drug-likeness (QED) is 0.590. The van der Waals surface area contributed by atoms with Crippen molar-refractivity contribution in [1.29, 1.82) is 0 Å². The Morgan fingerprint density at radius 3 is 2.52 bits per heavy atom. The number of alkyl halides is 2. The number of ether oxygens (including phenoxy) is 2. The van der Waals surface area contributed by atoms with Gasteiger partial charge in [0.2, 0.25) is 15.9 Å². The van der Waals surface area contributed by atoms with E-state index in [2.05, 4.69) is 21.7 Å². The summed E-state index contributed by atoms with van der Waals surface area (Å²) in [5, 5.41) is 2.54. The molecule has 0 atom stereocenters. The van der Waals surface area contributed by atoms with E-state index >= 15 is 0 Å². The molecule has 0 aliphatic heterocycles. The summed E-state index contributed by atoms with van der Waals surface area (Å²) in [6.45, 7) is -0.678. The van der Waals surface area contributed by atoms with E-state index < -0.39 is 28.3 Å². The molecule has 2 rings (SSSR count).